The third-order valence-corrected chi connectivity index (χ3v) is 5.47. The SMILES string of the molecule is COc1ccc(CN(CCN2CCOCC2)CC(O)Cc2ccccc2)cc1OC. The number of hydrogen-bond donors (Lipinski definition) is 1. The van der Waals surface area contributed by atoms with Crippen LogP contribution in [-0.2, 0) is 17.7 Å². The van der Waals surface area contributed by atoms with Gasteiger partial charge in [-0.3, -0.25) is 9.80 Å². The van der Waals surface area contributed by atoms with Crippen molar-refractivity contribution in [2.24, 2.45) is 0 Å². The van der Waals surface area contributed by atoms with Crippen molar-refractivity contribution >= 4 is 0 Å². The summed E-state index contributed by atoms with van der Waals surface area (Å²) < 4.78 is 16.3. The quantitative estimate of drug-likeness (QED) is 0.610. The summed E-state index contributed by atoms with van der Waals surface area (Å²) in [7, 11) is 3.30. The Hall–Kier alpha value is -2.12. The van der Waals surface area contributed by atoms with Crippen LogP contribution in [0.15, 0.2) is 48.5 Å². The van der Waals surface area contributed by atoms with E-state index in [9.17, 15) is 5.11 Å². The maximum Gasteiger partial charge on any atom is 0.161 e. The first kappa shape index (κ1) is 22.6. The second-order valence-electron chi connectivity index (χ2n) is 7.72. The molecule has 0 aromatic heterocycles. The van der Waals surface area contributed by atoms with E-state index in [1.54, 1.807) is 14.2 Å². The van der Waals surface area contributed by atoms with Crippen LogP contribution in [0, 0.1) is 0 Å². The van der Waals surface area contributed by atoms with Gasteiger partial charge in [-0.1, -0.05) is 36.4 Å². The molecule has 2 aromatic carbocycles. The maximum absolute atomic E-state index is 10.8. The number of methoxy groups -OCH3 is 2. The molecule has 0 amide bonds. The summed E-state index contributed by atoms with van der Waals surface area (Å²) in [5.41, 5.74) is 2.30. The molecule has 6 heteroatoms. The van der Waals surface area contributed by atoms with Gasteiger partial charge in [0.05, 0.1) is 33.5 Å². The second kappa shape index (κ2) is 11.9. The van der Waals surface area contributed by atoms with Gasteiger partial charge in [0.15, 0.2) is 11.5 Å². The molecule has 3 rings (SSSR count). The molecular weight excluding hydrogens is 380 g/mol. The predicted octanol–water partition coefficient (Wildman–Crippen LogP) is 2.44. The molecule has 164 valence electrons. The normalized spacial score (nSPS) is 15.9. The molecule has 0 aliphatic carbocycles. The Morgan fingerprint density at radius 1 is 1.00 bits per heavy atom. The van der Waals surface area contributed by atoms with Crippen LogP contribution in [0.1, 0.15) is 11.1 Å². The van der Waals surface area contributed by atoms with Gasteiger partial charge < -0.3 is 19.3 Å². The summed E-state index contributed by atoms with van der Waals surface area (Å²) in [6.45, 7) is 6.76. The standard InChI is InChI=1S/C24H34N2O4/c1-28-23-9-8-21(17-24(23)29-2)18-26(11-10-25-12-14-30-15-13-25)19-22(27)16-20-6-4-3-5-7-20/h3-9,17,22,27H,10-16,18-19H2,1-2H3. The first-order chi connectivity index (χ1) is 14.7. The summed E-state index contributed by atoms with van der Waals surface area (Å²) in [4.78, 5) is 4.75. The Morgan fingerprint density at radius 2 is 1.73 bits per heavy atom. The fourth-order valence-electron chi connectivity index (χ4n) is 3.83. The zero-order valence-corrected chi connectivity index (χ0v) is 18.1. The van der Waals surface area contributed by atoms with Gasteiger partial charge in [0.25, 0.3) is 0 Å². The molecule has 1 N–H and O–H groups in total. The highest BCUT2D eigenvalue weighted by molar-refractivity contribution is 5.42. The summed E-state index contributed by atoms with van der Waals surface area (Å²) in [5, 5.41) is 10.8. The largest absolute Gasteiger partial charge is 0.493 e. The van der Waals surface area contributed by atoms with E-state index in [1.165, 1.54) is 0 Å². The van der Waals surface area contributed by atoms with Gasteiger partial charge >= 0.3 is 0 Å². The highest BCUT2D eigenvalue weighted by atomic mass is 16.5. The molecule has 0 spiro atoms. The Balaban J connectivity index is 1.64. The van der Waals surface area contributed by atoms with Gasteiger partial charge in [-0.25, -0.2) is 0 Å². The Bertz CT molecular complexity index is 750. The summed E-state index contributed by atoms with van der Waals surface area (Å²) in [5.74, 6) is 1.46. The molecule has 1 unspecified atom stereocenters. The van der Waals surface area contributed by atoms with Crippen molar-refractivity contribution < 1.29 is 19.3 Å². The van der Waals surface area contributed by atoms with Crippen molar-refractivity contribution in [2.75, 3.05) is 60.2 Å². The van der Waals surface area contributed by atoms with Crippen molar-refractivity contribution in [2.45, 2.75) is 19.1 Å². The number of rotatable bonds is 11. The van der Waals surface area contributed by atoms with Crippen molar-refractivity contribution in [3.05, 3.63) is 59.7 Å². The number of nitrogens with zero attached hydrogens (tertiary/aromatic N) is 2. The molecule has 1 saturated heterocycles. The molecule has 0 bridgehead atoms. The van der Waals surface area contributed by atoms with Crippen LogP contribution >= 0.6 is 0 Å². The smallest absolute Gasteiger partial charge is 0.161 e. The maximum atomic E-state index is 10.8. The molecular formula is C24H34N2O4. The summed E-state index contributed by atoms with van der Waals surface area (Å²) in [6, 6.07) is 16.2. The first-order valence-corrected chi connectivity index (χ1v) is 10.6. The number of aliphatic hydroxyl groups is 1. The molecule has 1 fully saturated rings. The van der Waals surface area contributed by atoms with Crippen LogP contribution < -0.4 is 9.47 Å². The number of hydrogen-bond acceptors (Lipinski definition) is 6. The molecule has 0 saturated carbocycles. The molecule has 30 heavy (non-hydrogen) atoms. The fraction of sp³-hybridized carbons (Fsp3) is 0.500. The van der Waals surface area contributed by atoms with E-state index in [2.05, 4.69) is 28.0 Å². The van der Waals surface area contributed by atoms with E-state index in [4.69, 9.17) is 14.2 Å². The third-order valence-electron chi connectivity index (χ3n) is 5.47. The molecule has 1 atom stereocenters. The van der Waals surface area contributed by atoms with Crippen LogP contribution in [0.2, 0.25) is 0 Å². The van der Waals surface area contributed by atoms with Crippen molar-refractivity contribution in [1.29, 1.82) is 0 Å². The molecule has 2 aromatic rings. The number of morpholine rings is 1. The van der Waals surface area contributed by atoms with E-state index in [0.29, 0.717) is 13.0 Å². The number of aliphatic hydroxyl groups excluding tert-OH is 1. The molecule has 6 nitrogen and oxygen atoms in total. The lowest BCUT2D eigenvalue weighted by Gasteiger charge is -2.31. The van der Waals surface area contributed by atoms with Crippen molar-refractivity contribution in [1.82, 2.24) is 9.80 Å². The van der Waals surface area contributed by atoms with E-state index < -0.39 is 6.10 Å². The number of benzene rings is 2. The minimum Gasteiger partial charge on any atom is -0.493 e. The average molecular weight is 415 g/mol. The van der Waals surface area contributed by atoms with Gasteiger partial charge in [0, 0.05) is 39.3 Å². The second-order valence-corrected chi connectivity index (χ2v) is 7.72. The topological polar surface area (TPSA) is 54.4 Å². The fourth-order valence-corrected chi connectivity index (χ4v) is 3.83. The van der Waals surface area contributed by atoms with Gasteiger partial charge in [-0.15, -0.1) is 0 Å². The van der Waals surface area contributed by atoms with Crippen LogP contribution in [0.25, 0.3) is 0 Å². The Labute approximate surface area is 180 Å². The van der Waals surface area contributed by atoms with Crippen molar-refractivity contribution in [3.8, 4) is 11.5 Å². The average Bonchev–Trinajstić information content (AvgIpc) is 2.78. The van der Waals surface area contributed by atoms with Gasteiger partial charge in [-0.2, -0.15) is 0 Å². The predicted molar refractivity (Wildman–Crippen MR) is 118 cm³/mol. The molecule has 0 radical (unpaired) electrons. The lowest BCUT2D eigenvalue weighted by atomic mass is 10.1. The zero-order valence-electron chi connectivity index (χ0n) is 18.1. The van der Waals surface area contributed by atoms with E-state index in [1.807, 2.05) is 30.3 Å². The van der Waals surface area contributed by atoms with Crippen LogP contribution in [0.5, 0.6) is 11.5 Å². The van der Waals surface area contributed by atoms with E-state index >= 15 is 0 Å². The monoisotopic (exact) mass is 414 g/mol. The summed E-state index contributed by atoms with van der Waals surface area (Å²) >= 11 is 0. The zero-order chi connectivity index (χ0) is 21.2. The van der Waals surface area contributed by atoms with E-state index in [0.717, 1.165) is 68.6 Å². The van der Waals surface area contributed by atoms with Crippen LogP contribution in [0.4, 0.5) is 0 Å². The minimum absolute atomic E-state index is 0.419. The van der Waals surface area contributed by atoms with Gasteiger partial charge in [-0.05, 0) is 29.7 Å². The lowest BCUT2D eigenvalue weighted by Crippen LogP contribution is -2.43. The van der Waals surface area contributed by atoms with Gasteiger partial charge in [0.2, 0.25) is 0 Å². The highest BCUT2D eigenvalue weighted by Gasteiger charge is 2.17. The number of ether oxygens (including phenoxy) is 3. The minimum atomic E-state index is -0.419. The van der Waals surface area contributed by atoms with Gasteiger partial charge in [0.1, 0.15) is 0 Å². The highest BCUT2D eigenvalue weighted by Crippen LogP contribution is 2.28. The van der Waals surface area contributed by atoms with Crippen molar-refractivity contribution in [3.63, 3.8) is 0 Å². The third kappa shape index (κ3) is 6.99. The van der Waals surface area contributed by atoms with E-state index in [-0.39, 0.29) is 0 Å². The lowest BCUT2D eigenvalue weighted by molar-refractivity contribution is 0.0292. The molecule has 1 heterocycles. The first-order valence-electron chi connectivity index (χ1n) is 10.6. The van der Waals surface area contributed by atoms with Crippen LogP contribution in [0.3, 0.4) is 0 Å². The van der Waals surface area contributed by atoms with Crippen LogP contribution in [-0.4, -0.2) is 81.2 Å². The molecule has 1 aliphatic heterocycles. The molecule has 1 aliphatic rings. The Morgan fingerprint density at radius 3 is 2.43 bits per heavy atom. The Kier molecular flexibility index (Phi) is 8.96. The summed E-state index contributed by atoms with van der Waals surface area (Å²) in [6.07, 6.45) is 0.234.